The number of aliphatic imine (C=N–C) groups is 3. The summed E-state index contributed by atoms with van der Waals surface area (Å²) in [5.41, 5.74) is 5.92. The molecule has 0 aromatic carbocycles. The quantitative estimate of drug-likeness (QED) is 0.715. The molecule has 22 heavy (non-hydrogen) atoms. The van der Waals surface area contributed by atoms with Gasteiger partial charge in [-0.3, -0.25) is 4.99 Å². The van der Waals surface area contributed by atoms with E-state index in [0.29, 0.717) is 30.8 Å². The maximum Gasteiger partial charge on any atom is 0.213 e. The van der Waals surface area contributed by atoms with Gasteiger partial charge in [-0.15, -0.1) is 0 Å². The summed E-state index contributed by atoms with van der Waals surface area (Å²) in [5.74, 6) is 1.79. The molecule has 0 aromatic heterocycles. The second kappa shape index (κ2) is 6.48. The molecule has 0 saturated heterocycles. The molecule has 0 radical (unpaired) electrons. The van der Waals surface area contributed by atoms with Gasteiger partial charge in [0.15, 0.2) is 12.2 Å². The third-order valence-electron chi connectivity index (χ3n) is 4.18. The van der Waals surface area contributed by atoms with E-state index in [9.17, 15) is 5.11 Å². The average molecular weight is 305 g/mol. The summed E-state index contributed by atoms with van der Waals surface area (Å²) >= 11 is 0. The minimum absolute atomic E-state index is 0.172. The molecule has 0 aromatic rings. The first-order valence-corrected chi connectivity index (χ1v) is 7.78. The van der Waals surface area contributed by atoms with Crippen LogP contribution >= 0.6 is 0 Å². The molecule has 0 spiro atoms. The Morgan fingerprint density at radius 2 is 2.23 bits per heavy atom. The standard InChI is InChI=1S/C15H23N5O2/c1-2-22-15-13-14(19-12(16)6-17-15)20(9-18-13)7-10-3-4-11(5-10)8-21/h3-4,9-11,13-14,21H,2,5-8H2,1H3,(H2,16,19)/t10-,11?,13?,14?/m0/s1. The van der Waals surface area contributed by atoms with E-state index in [-0.39, 0.29) is 24.7 Å². The van der Waals surface area contributed by atoms with Crippen molar-refractivity contribution in [2.75, 3.05) is 26.3 Å². The Kier molecular flexibility index (Phi) is 4.42. The zero-order valence-electron chi connectivity index (χ0n) is 12.8. The van der Waals surface area contributed by atoms with Crippen molar-refractivity contribution in [3.8, 4) is 0 Å². The highest BCUT2D eigenvalue weighted by Gasteiger charge is 2.38. The van der Waals surface area contributed by atoms with Crippen LogP contribution in [0.5, 0.6) is 0 Å². The van der Waals surface area contributed by atoms with E-state index in [0.717, 1.165) is 13.0 Å². The van der Waals surface area contributed by atoms with Gasteiger partial charge in [-0.2, -0.15) is 0 Å². The SMILES string of the molecule is CCOC1=NCC(N)=NC2C1N=CN2C[C@H]1C=CC(CO)C1. The van der Waals surface area contributed by atoms with E-state index in [1.165, 1.54) is 0 Å². The van der Waals surface area contributed by atoms with Crippen molar-refractivity contribution in [2.45, 2.75) is 25.6 Å². The molecule has 3 unspecified atom stereocenters. The van der Waals surface area contributed by atoms with Crippen LogP contribution in [0.4, 0.5) is 0 Å². The Morgan fingerprint density at radius 1 is 1.41 bits per heavy atom. The van der Waals surface area contributed by atoms with Gasteiger partial charge in [-0.1, -0.05) is 12.2 Å². The highest BCUT2D eigenvalue weighted by atomic mass is 16.5. The lowest BCUT2D eigenvalue weighted by atomic mass is 10.0. The van der Waals surface area contributed by atoms with Gasteiger partial charge in [-0.05, 0) is 19.3 Å². The van der Waals surface area contributed by atoms with E-state index >= 15 is 0 Å². The Labute approximate surface area is 130 Å². The van der Waals surface area contributed by atoms with Gasteiger partial charge in [0, 0.05) is 19.1 Å². The fraction of sp³-hybridized carbons (Fsp3) is 0.667. The van der Waals surface area contributed by atoms with Crippen molar-refractivity contribution in [1.29, 1.82) is 0 Å². The molecule has 4 atom stereocenters. The summed E-state index contributed by atoms with van der Waals surface area (Å²) in [7, 11) is 0. The Morgan fingerprint density at radius 3 is 2.95 bits per heavy atom. The van der Waals surface area contributed by atoms with Crippen molar-refractivity contribution in [1.82, 2.24) is 4.90 Å². The summed E-state index contributed by atoms with van der Waals surface area (Å²) in [6, 6.07) is -0.208. The van der Waals surface area contributed by atoms with E-state index in [2.05, 4.69) is 32.0 Å². The third-order valence-corrected chi connectivity index (χ3v) is 4.18. The van der Waals surface area contributed by atoms with Gasteiger partial charge in [-0.25, -0.2) is 9.98 Å². The molecule has 3 aliphatic rings. The first-order valence-electron chi connectivity index (χ1n) is 7.78. The first kappa shape index (κ1) is 15.0. The number of aliphatic hydroxyl groups is 1. The number of hydrogen-bond donors (Lipinski definition) is 2. The number of fused-ring (bicyclic) bond motifs is 1. The molecule has 7 nitrogen and oxygen atoms in total. The molecule has 2 heterocycles. The van der Waals surface area contributed by atoms with Crippen molar-refractivity contribution >= 4 is 18.1 Å². The predicted octanol–water partition coefficient (Wildman–Crippen LogP) is 0.0154. The van der Waals surface area contributed by atoms with E-state index < -0.39 is 0 Å². The lowest BCUT2D eigenvalue weighted by Crippen LogP contribution is -2.41. The first-order chi connectivity index (χ1) is 10.7. The fourth-order valence-electron chi connectivity index (χ4n) is 3.12. The molecule has 2 aliphatic heterocycles. The molecule has 7 heteroatoms. The van der Waals surface area contributed by atoms with Gasteiger partial charge in [0.25, 0.3) is 0 Å². The number of nitrogens with zero attached hydrogens (tertiary/aromatic N) is 4. The van der Waals surface area contributed by atoms with Crippen LogP contribution in [0.3, 0.4) is 0 Å². The van der Waals surface area contributed by atoms with E-state index in [1.807, 2.05) is 13.3 Å². The summed E-state index contributed by atoms with van der Waals surface area (Å²) in [5, 5.41) is 9.24. The van der Waals surface area contributed by atoms with Crippen molar-refractivity contribution in [3.63, 3.8) is 0 Å². The van der Waals surface area contributed by atoms with Crippen LogP contribution in [0, 0.1) is 11.8 Å². The zero-order chi connectivity index (χ0) is 15.5. The summed E-state index contributed by atoms with van der Waals surface area (Å²) in [6.07, 6.45) is 6.88. The van der Waals surface area contributed by atoms with Crippen molar-refractivity contribution < 1.29 is 9.84 Å². The van der Waals surface area contributed by atoms with E-state index in [1.54, 1.807) is 0 Å². The number of amidine groups is 1. The van der Waals surface area contributed by atoms with Gasteiger partial charge in [0.2, 0.25) is 5.90 Å². The van der Waals surface area contributed by atoms with Gasteiger partial charge in [0.05, 0.1) is 19.5 Å². The average Bonchev–Trinajstić information content (AvgIpc) is 3.08. The Balaban J connectivity index is 1.70. The normalized spacial score (nSPS) is 33.5. The molecule has 0 amide bonds. The van der Waals surface area contributed by atoms with Crippen LogP contribution in [0.2, 0.25) is 0 Å². The van der Waals surface area contributed by atoms with Crippen LogP contribution in [0.25, 0.3) is 0 Å². The summed E-state index contributed by atoms with van der Waals surface area (Å²) in [4.78, 5) is 15.6. The Bertz CT molecular complexity index is 528. The van der Waals surface area contributed by atoms with E-state index in [4.69, 9.17) is 10.5 Å². The molecule has 1 aliphatic carbocycles. The number of nitrogens with two attached hydrogens (primary N) is 1. The number of aliphatic hydroxyl groups excluding tert-OH is 1. The molecule has 0 saturated carbocycles. The minimum Gasteiger partial charge on any atom is -0.480 e. The van der Waals surface area contributed by atoms with Gasteiger partial charge >= 0.3 is 0 Å². The molecule has 3 rings (SSSR count). The predicted molar refractivity (Wildman–Crippen MR) is 86.1 cm³/mol. The topological polar surface area (TPSA) is 95.8 Å². The van der Waals surface area contributed by atoms with Crippen LogP contribution in [-0.2, 0) is 4.74 Å². The molecular formula is C15H23N5O2. The number of ether oxygens (including phenoxy) is 1. The highest BCUT2D eigenvalue weighted by molar-refractivity contribution is 5.92. The number of hydrogen-bond acceptors (Lipinski definition) is 7. The molecule has 0 bridgehead atoms. The zero-order valence-corrected chi connectivity index (χ0v) is 12.8. The highest BCUT2D eigenvalue weighted by Crippen LogP contribution is 2.27. The van der Waals surface area contributed by atoms with Gasteiger partial charge in [0.1, 0.15) is 5.84 Å². The Hall–Kier alpha value is -1.89. The molecule has 120 valence electrons. The van der Waals surface area contributed by atoms with Crippen LogP contribution in [0.15, 0.2) is 27.1 Å². The second-order valence-electron chi connectivity index (χ2n) is 5.85. The third kappa shape index (κ3) is 2.99. The maximum absolute atomic E-state index is 9.24. The van der Waals surface area contributed by atoms with Crippen LogP contribution < -0.4 is 5.73 Å². The summed E-state index contributed by atoms with van der Waals surface area (Å²) < 4.78 is 5.61. The molecular weight excluding hydrogens is 282 g/mol. The van der Waals surface area contributed by atoms with Crippen LogP contribution in [0.1, 0.15) is 13.3 Å². The second-order valence-corrected chi connectivity index (χ2v) is 5.85. The fourth-order valence-corrected chi connectivity index (χ4v) is 3.12. The largest absolute Gasteiger partial charge is 0.480 e. The van der Waals surface area contributed by atoms with Gasteiger partial charge < -0.3 is 20.5 Å². The smallest absolute Gasteiger partial charge is 0.213 e. The monoisotopic (exact) mass is 305 g/mol. The lowest BCUT2D eigenvalue weighted by Gasteiger charge is -2.26. The minimum atomic E-state index is -0.208. The van der Waals surface area contributed by atoms with Crippen molar-refractivity contribution in [2.24, 2.45) is 32.5 Å². The lowest BCUT2D eigenvalue weighted by molar-refractivity contribution is 0.231. The number of rotatable bonds is 4. The van der Waals surface area contributed by atoms with Crippen LogP contribution in [-0.4, -0.2) is 66.6 Å². The molecule has 3 N–H and O–H groups in total. The molecule has 0 fully saturated rings. The summed E-state index contributed by atoms with van der Waals surface area (Å²) in [6.45, 7) is 3.87. The van der Waals surface area contributed by atoms with Crippen molar-refractivity contribution in [3.05, 3.63) is 12.2 Å². The maximum atomic E-state index is 9.24.